The molecular weight excluding hydrogens is 202 g/mol. The molecule has 2 unspecified atom stereocenters. The average molecular weight is 202 g/mol. The zero-order chi connectivity index (χ0) is 10.0. The molecule has 0 saturated carbocycles. The van der Waals surface area contributed by atoms with Gasteiger partial charge in [0.25, 0.3) is 0 Å². The molecule has 0 N–H and O–H groups in total. The second kappa shape index (κ2) is 1.92. The van der Waals surface area contributed by atoms with Crippen molar-refractivity contribution < 1.29 is 31.1 Å². The Balaban J connectivity index is 2.63. The van der Waals surface area contributed by atoms with E-state index in [-0.39, 0.29) is 0 Å². The highest BCUT2D eigenvalue weighted by Gasteiger charge is 2.84. The first-order chi connectivity index (χ1) is 5.84. The van der Waals surface area contributed by atoms with E-state index >= 15 is 0 Å². The van der Waals surface area contributed by atoms with E-state index in [9.17, 15) is 26.3 Å². The molecular formula is C6F6O. The number of hydrogen-bond donors (Lipinski definition) is 0. The molecule has 0 spiro atoms. The molecule has 13 heavy (non-hydrogen) atoms. The molecule has 1 nitrogen and oxygen atoms in total. The number of fused-ring (bicyclic) bond motifs is 1. The van der Waals surface area contributed by atoms with Crippen molar-refractivity contribution in [3.63, 3.8) is 0 Å². The lowest BCUT2D eigenvalue weighted by Gasteiger charge is -2.09. The van der Waals surface area contributed by atoms with Crippen LogP contribution in [0.2, 0.25) is 0 Å². The second-order valence-electron chi connectivity index (χ2n) is 2.55. The molecule has 0 aromatic carbocycles. The van der Waals surface area contributed by atoms with Crippen LogP contribution in [0.15, 0.2) is 23.3 Å². The van der Waals surface area contributed by atoms with Crippen LogP contribution in [0.1, 0.15) is 0 Å². The molecule has 1 saturated heterocycles. The molecule has 1 heterocycles. The van der Waals surface area contributed by atoms with Crippen molar-refractivity contribution in [3.8, 4) is 0 Å². The summed E-state index contributed by atoms with van der Waals surface area (Å²) in [6, 6.07) is 0. The minimum Gasteiger partial charge on any atom is -0.287 e. The van der Waals surface area contributed by atoms with E-state index in [0.717, 1.165) is 0 Å². The van der Waals surface area contributed by atoms with E-state index in [1.54, 1.807) is 0 Å². The van der Waals surface area contributed by atoms with E-state index in [2.05, 4.69) is 4.74 Å². The van der Waals surface area contributed by atoms with Crippen LogP contribution in [0.3, 0.4) is 0 Å². The third-order valence-electron chi connectivity index (χ3n) is 1.80. The van der Waals surface area contributed by atoms with Gasteiger partial charge < -0.3 is 0 Å². The van der Waals surface area contributed by atoms with E-state index in [4.69, 9.17) is 0 Å². The molecule has 7 heteroatoms. The van der Waals surface area contributed by atoms with Crippen LogP contribution in [0.4, 0.5) is 26.3 Å². The second-order valence-corrected chi connectivity index (χ2v) is 2.55. The minimum absolute atomic E-state index is 2.41. The van der Waals surface area contributed by atoms with Crippen molar-refractivity contribution in [2.24, 2.45) is 0 Å². The lowest BCUT2D eigenvalue weighted by molar-refractivity contribution is 0.138. The number of epoxide rings is 1. The Bertz CT molecular complexity index is 326. The van der Waals surface area contributed by atoms with Gasteiger partial charge in [-0.25, -0.2) is 17.6 Å². The summed E-state index contributed by atoms with van der Waals surface area (Å²) < 4.78 is 78.0. The number of rotatable bonds is 0. The van der Waals surface area contributed by atoms with Gasteiger partial charge in [-0.1, -0.05) is 0 Å². The zero-order valence-corrected chi connectivity index (χ0v) is 5.68. The molecule has 1 aliphatic heterocycles. The van der Waals surface area contributed by atoms with Crippen LogP contribution in [-0.4, -0.2) is 11.7 Å². The van der Waals surface area contributed by atoms with Crippen LogP contribution < -0.4 is 0 Å². The van der Waals surface area contributed by atoms with E-state index in [1.807, 2.05) is 0 Å². The predicted octanol–water partition coefficient (Wildman–Crippen LogP) is 2.66. The third kappa shape index (κ3) is 0.691. The minimum atomic E-state index is -3.84. The SMILES string of the molecule is FC1=C(F)C2(F)OC2(F)C(F)=C1F. The number of alkyl halides is 2. The fourth-order valence-electron chi connectivity index (χ4n) is 1.02. The summed E-state index contributed by atoms with van der Waals surface area (Å²) in [5.41, 5.74) is 0. The van der Waals surface area contributed by atoms with Crippen LogP contribution in [0.5, 0.6) is 0 Å². The van der Waals surface area contributed by atoms with Gasteiger partial charge >= 0.3 is 11.7 Å². The van der Waals surface area contributed by atoms with Gasteiger partial charge in [0.05, 0.1) is 0 Å². The standard InChI is InChI=1S/C6F6O/c7-1-2(8)4(10)6(12)5(11,13-6)3(1)9. The van der Waals surface area contributed by atoms with Gasteiger partial charge in [-0.15, -0.1) is 0 Å². The molecule has 1 aliphatic carbocycles. The topological polar surface area (TPSA) is 12.5 Å². The van der Waals surface area contributed by atoms with E-state index in [0.29, 0.717) is 0 Å². The van der Waals surface area contributed by atoms with Gasteiger partial charge in [0.1, 0.15) is 0 Å². The number of hydrogen-bond acceptors (Lipinski definition) is 1. The maximum Gasteiger partial charge on any atom is 0.334 e. The van der Waals surface area contributed by atoms with E-state index < -0.39 is 35.0 Å². The van der Waals surface area contributed by atoms with Crippen LogP contribution in [0, 0.1) is 0 Å². The summed E-state index contributed by atoms with van der Waals surface area (Å²) in [6.45, 7) is 0. The van der Waals surface area contributed by atoms with Crippen molar-refractivity contribution in [2.75, 3.05) is 0 Å². The zero-order valence-electron chi connectivity index (χ0n) is 5.68. The monoisotopic (exact) mass is 202 g/mol. The van der Waals surface area contributed by atoms with Crippen LogP contribution >= 0.6 is 0 Å². The highest BCUT2D eigenvalue weighted by molar-refractivity contribution is 5.45. The first-order valence-electron chi connectivity index (χ1n) is 3.04. The summed E-state index contributed by atoms with van der Waals surface area (Å²) >= 11 is 0. The summed E-state index contributed by atoms with van der Waals surface area (Å²) in [7, 11) is 0. The lowest BCUT2D eigenvalue weighted by atomic mass is 10.1. The van der Waals surface area contributed by atoms with Crippen molar-refractivity contribution in [2.45, 2.75) is 11.7 Å². The van der Waals surface area contributed by atoms with E-state index in [1.165, 1.54) is 0 Å². The molecule has 0 bridgehead atoms. The normalized spacial score (nSPS) is 43.8. The molecule has 1 fully saturated rings. The van der Waals surface area contributed by atoms with Crippen LogP contribution in [-0.2, 0) is 4.74 Å². The van der Waals surface area contributed by atoms with Crippen molar-refractivity contribution in [1.82, 2.24) is 0 Å². The first-order valence-corrected chi connectivity index (χ1v) is 3.04. The van der Waals surface area contributed by atoms with Crippen molar-refractivity contribution >= 4 is 0 Å². The summed E-state index contributed by atoms with van der Waals surface area (Å²) in [5, 5.41) is 0. The molecule has 2 aliphatic rings. The smallest absolute Gasteiger partial charge is 0.287 e. The molecule has 2 atom stereocenters. The first kappa shape index (κ1) is 8.61. The highest BCUT2D eigenvalue weighted by Crippen LogP contribution is 2.64. The molecule has 0 radical (unpaired) electrons. The van der Waals surface area contributed by atoms with Gasteiger partial charge in [0.15, 0.2) is 11.7 Å². The quantitative estimate of drug-likeness (QED) is 0.434. The molecule has 2 rings (SSSR count). The molecule has 72 valence electrons. The number of allylic oxidation sites excluding steroid dienone is 2. The molecule has 0 aromatic rings. The van der Waals surface area contributed by atoms with Crippen molar-refractivity contribution in [1.29, 1.82) is 0 Å². The maximum absolute atomic E-state index is 12.7. The third-order valence-corrected chi connectivity index (χ3v) is 1.80. The average Bonchev–Trinajstić information content (AvgIpc) is 2.66. The Kier molecular flexibility index (Phi) is 1.27. The lowest BCUT2D eigenvalue weighted by Crippen LogP contribution is -2.24. The highest BCUT2D eigenvalue weighted by atomic mass is 19.2. The molecule has 0 amide bonds. The Labute approximate surface area is 67.3 Å². The number of halogens is 6. The van der Waals surface area contributed by atoms with Crippen LogP contribution in [0.25, 0.3) is 0 Å². The summed E-state index contributed by atoms with van der Waals surface area (Å²) in [6.07, 6.45) is 0. The van der Waals surface area contributed by atoms with Gasteiger partial charge in [-0.2, -0.15) is 8.78 Å². The van der Waals surface area contributed by atoms with Gasteiger partial charge in [0, 0.05) is 0 Å². The summed E-state index contributed by atoms with van der Waals surface area (Å²) in [4.78, 5) is 0. The van der Waals surface area contributed by atoms with Gasteiger partial charge in [0.2, 0.25) is 11.7 Å². The maximum atomic E-state index is 12.7. The molecule has 0 aromatic heterocycles. The summed E-state index contributed by atoms with van der Waals surface area (Å²) in [5.74, 6) is -17.3. The predicted molar refractivity (Wildman–Crippen MR) is 27.2 cm³/mol. The Morgan fingerprint density at radius 2 is 1.08 bits per heavy atom. The largest absolute Gasteiger partial charge is 0.334 e. The number of ether oxygens (including phenoxy) is 1. The Hall–Kier alpha value is -0.980. The Morgan fingerprint density at radius 3 is 1.38 bits per heavy atom. The fourth-order valence-corrected chi connectivity index (χ4v) is 1.02. The fraction of sp³-hybridized carbons (Fsp3) is 0.333. The van der Waals surface area contributed by atoms with Gasteiger partial charge in [-0.3, -0.25) is 4.74 Å². The van der Waals surface area contributed by atoms with Crippen molar-refractivity contribution in [3.05, 3.63) is 23.3 Å². The Morgan fingerprint density at radius 1 is 0.769 bits per heavy atom. The van der Waals surface area contributed by atoms with Gasteiger partial charge in [-0.05, 0) is 0 Å².